The first-order valence-electron chi connectivity index (χ1n) is 16.2. The molecule has 0 spiro atoms. The molecule has 0 atom stereocenters. The van der Waals surface area contributed by atoms with Gasteiger partial charge in [-0.2, -0.15) is 26.3 Å². The molecule has 0 aliphatic heterocycles. The van der Waals surface area contributed by atoms with E-state index in [1.165, 1.54) is 5.56 Å². The Hall–Kier alpha value is -4.80. The van der Waals surface area contributed by atoms with Gasteiger partial charge in [0.05, 0.1) is 0 Å². The van der Waals surface area contributed by atoms with E-state index in [1.54, 1.807) is 24.3 Å². The van der Waals surface area contributed by atoms with E-state index >= 15 is 26.3 Å². The van der Waals surface area contributed by atoms with Gasteiger partial charge in [0.2, 0.25) is 17.2 Å². The van der Waals surface area contributed by atoms with E-state index in [0.717, 1.165) is 42.8 Å². The molecule has 0 unspecified atom stereocenters. The monoisotopic (exact) mass is 694 g/mol. The summed E-state index contributed by atoms with van der Waals surface area (Å²) in [7, 11) is 0. The average Bonchev–Trinajstić information content (AvgIpc) is 3.69. The van der Waals surface area contributed by atoms with Crippen LogP contribution in [0.2, 0.25) is 0 Å². The van der Waals surface area contributed by atoms with Crippen LogP contribution in [0.1, 0.15) is 77.0 Å². The van der Waals surface area contributed by atoms with Gasteiger partial charge in [-0.05, 0) is 95.6 Å². The summed E-state index contributed by atoms with van der Waals surface area (Å²) in [6.45, 7) is 12.0. The summed E-state index contributed by atoms with van der Waals surface area (Å²) in [5.74, 6) is 1.39. The molecular weight excluding hydrogens is 658 g/mol. The second kappa shape index (κ2) is 12.2. The largest absolute Gasteiger partial charge is 0.457 e. The highest BCUT2D eigenvalue weighted by Crippen LogP contribution is 2.57. The van der Waals surface area contributed by atoms with Crippen LogP contribution in [-0.4, -0.2) is 22.3 Å². The summed E-state index contributed by atoms with van der Waals surface area (Å²) < 4.78 is 108. The van der Waals surface area contributed by atoms with Crippen molar-refractivity contribution in [3.05, 3.63) is 108 Å². The lowest BCUT2D eigenvalue weighted by molar-refractivity contribution is -0.288. The van der Waals surface area contributed by atoms with E-state index in [0.29, 0.717) is 23.5 Å². The van der Waals surface area contributed by atoms with Crippen molar-refractivity contribution in [1.29, 1.82) is 0 Å². The highest BCUT2D eigenvalue weighted by atomic mass is 19.4. The molecule has 6 aromatic rings. The molecule has 2 heterocycles. The lowest BCUT2D eigenvalue weighted by atomic mass is 9.72. The van der Waals surface area contributed by atoms with Crippen LogP contribution in [0.15, 0.2) is 93.8 Å². The van der Waals surface area contributed by atoms with Gasteiger partial charge in [-0.15, -0.1) is 0 Å². The summed E-state index contributed by atoms with van der Waals surface area (Å²) in [4.78, 5) is 8.57. The second-order valence-corrected chi connectivity index (χ2v) is 13.8. The van der Waals surface area contributed by atoms with E-state index in [4.69, 9.17) is 13.6 Å². The Labute approximate surface area is 285 Å². The molecule has 0 aliphatic rings. The molecule has 2 aromatic heterocycles. The maximum Gasteiger partial charge on any atom is 0.411 e. The van der Waals surface area contributed by atoms with E-state index in [2.05, 4.69) is 30.7 Å². The Kier molecular flexibility index (Phi) is 8.56. The standard InChI is InChI=1S/C39H36F6N2O3/c1-7-35(3,4)24-11-17-28(18-12-24)48-27-15-9-23(10-16-27)33-46-29-21-25(13-19-31(29)49-33)37(38(40,41)42,39(43,44)45)26-14-20-32-30(22-26)47-34(50-32)36(5,6)8-2/h9-22H,7-8H2,1-6H3. The molecule has 0 bridgehead atoms. The fourth-order valence-corrected chi connectivity index (χ4v) is 5.85. The first-order valence-corrected chi connectivity index (χ1v) is 16.2. The normalized spacial score (nSPS) is 13.4. The summed E-state index contributed by atoms with van der Waals surface area (Å²) in [6, 6.07) is 19.8. The first-order chi connectivity index (χ1) is 23.4. The van der Waals surface area contributed by atoms with Crippen molar-refractivity contribution in [2.24, 2.45) is 0 Å². The fraction of sp³-hybridized carbons (Fsp3) is 0.333. The van der Waals surface area contributed by atoms with Crippen LogP contribution in [-0.2, 0) is 16.2 Å². The van der Waals surface area contributed by atoms with Gasteiger partial charge in [0.25, 0.3) is 0 Å². The maximum absolute atomic E-state index is 15.0. The molecule has 5 nitrogen and oxygen atoms in total. The van der Waals surface area contributed by atoms with E-state index in [9.17, 15) is 0 Å². The third-order valence-corrected chi connectivity index (χ3v) is 9.81. The van der Waals surface area contributed by atoms with Gasteiger partial charge in [-0.1, -0.05) is 65.8 Å². The summed E-state index contributed by atoms with van der Waals surface area (Å²) in [5, 5.41) is 0. The molecule has 6 rings (SSSR count). The molecule has 0 saturated carbocycles. The minimum Gasteiger partial charge on any atom is -0.457 e. The quantitative estimate of drug-likeness (QED) is 0.141. The molecule has 262 valence electrons. The number of halogens is 6. The summed E-state index contributed by atoms with van der Waals surface area (Å²) in [6.07, 6.45) is -10.0. The lowest BCUT2D eigenvalue weighted by Crippen LogP contribution is -2.54. The molecule has 0 N–H and O–H groups in total. The molecule has 4 aromatic carbocycles. The van der Waals surface area contributed by atoms with Crippen LogP contribution in [0, 0.1) is 0 Å². The van der Waals surface area contributed by atoms with Gasteiger partial charge in [0.1, 0.15) is 22.5 Å². The molecule has 11 heteroatoms. The third kappa shape index (κ3) is 6.00. The second-order valence-electron chi connectivity index (χ2n) is 13.8. The first kappa shape index (κ1) is 35.0. The van der Waals surface area contributed by atoms with Gasteiger partial charge in [-0.25, -0.2) is 9.97 Å². The van der Waals surface area contributed by atoms with E-state index in [1.807, 2.05) is 45.0 Å². The minimum absolute atomic E-state index is 0.0227. The fourth-order valence-electron chi connectivity index (χ4n) is 5.85. The maximum atomic E-state index is 15.0. The van der Waals surface area contributed by atoms with Crippen molar-refractivity contribution >= 4 is 22.2 Å². The van der Waals surface area contributed by atoms with Crippen molar-refractivity contribution in [2.75, 3.05) is 0 Å². The van der Waals surface area contributed by atoms with Gasteiger partial charge in [-0.3, -0.25) is 0 Å². The molecule has 0 amide bonds. The average molecular weight is 695 g/mol. The number of benzene rings is 4. The molecular formula is C39H36F6N2O3. The predicted octanol–water partition coefficient (Wildman–Crippen LogP) is 12.2. The van der Waals surface area contributed by atoms with Crippen LogP contribution in [0.25, 0.3) is 33.7 Å². The Morgan fingerprint density at radius 2 is 1.02 bits per heavy atom. The number of hydrogen-bond donors (Lipinski definition) is 0. The zero-order valence-corrected chi connectivity index (χ0v) is 28.4. The number of alkyl halides is 6. The van der Waals surface area contributed by atoms with Crippen molar-refractivity contribution in [3.8, 4) is 23.0 Å². The number of hydrogen-bond acceptors (Lipinski definition) is 5. The van der Waals surface area contributed by atoms with Crippen LogP contribution in [0.3, 0.4) is 0 Å². The van der Waals surface area contributed by atoms with E-state index < -0.39 is 34.3 Å². The van der Waals surface area contributed by atoms with Crippen LogP contribution < -0.4 is 4.74 Å². The predicted molar refractivity (Wildman–Crippen MR) is 179 cm³/mol. The SMILES string of the molecule is CCC(C)(C)c1ccc(Oc2ccc(-c3nc4cc(C(c5ccc6oc(C(C)(C)CC)nc6c5)(C(F)(F)F)C(F)(F)F)ccc4o3)cc2)cc1. The lowest BCUT2D eigenvalue weighted by Gasteiger charge is -2.38. The Morgan fingerprint density at radius 3 is 1.52 bits per heavy atom. The zero-order valence-electron chi connectivity index (χ0n) is 28.4. The van der Waals surface area contributed by atoms with Gasteiger partial charge in [0, 0.05) is 11.0 Å². The number of ether oxygens (including phenoxy) is 1. The van der Waals surface area contributed by atoms with Crippen molar-refractivity contribution in [1.82, 2.24) is 9.97 Å². The van der Waals surface area contributed by atoms with Crippen LogP contribution in [0.5, 0.6) is 11.5 Å². The van der Waals surface area contributed by atoms with Gasteiger partial charge in [0.15, 0.2) is 11.2 Å². The molecule has 50 heavy (non-hydrogen) atoms. The Bertz CT molecular complexity index is 2130. The number of oxazole rings is 2. The molecule has 0 aliphatic carbocycles. The number of rotatable bonds is 9. The summed E-state index contributed by atoms with van der Waals surface area (Å²) in [5.41, 5.74) is -5.56. The number of nitrogens with zero attached hydrogens (tertiary/aromatic N) is 2. The van der Waals surface area contributed by atoms with Crippen molar-refractivity contribution in [2.45, 2.75) is 83.0 Å². The molecule has 0 fully saturated rings. The topological polar surface area (TPSA) is 61.3 Å². The zero-order chi connectivity index (χ0) is 36.3. The van der Waals surface area contributed by atoms with Crippen LogP contribution >= 0.6 is 0 Å². The smallest absolute Gasteiger partial charge is 0.411 e. The van der Waals surface area contributed by atoms with Crippen molar-refractivity contribution < 1.29 is 39.9 Å². The van der Waals surface area contributed by atoms with Crippen LogP contribution in [0.4, 0.5) is 26.3 Å². The Balaban J connectivity index is 1.35. The van der Waals surface area contributed by atoms with Gasteiger partial charge < -0.3 is 13.6 Å². The summed E-state index contributed by atoms with van der Waals surface area (Å²) >= 11 is 0. The Morgan fingerprint density at radius 1 is 0.560 bits per heavy atom. The number of aromatic nitrogens is 2. The van der Waals surface area contributed by atoms with E-state index in [-0.39, 0.29) is 39.4 Å². The van der Waals surface area contributed by atoms with Crippen molar-refractivity contribution in [3.63, 3.8) is 0 Å². The number of fused-ring (bicyclic) bond motifs is 2. The third-order valence-electron chi connectivity index (χ3n) is 9.81. The van der Waals surface area contributed by atoms with Gasteiger partial charge >= 0.3 is 12.4 Å². The molecule has 0 radical (unpaired) electrons. The highest BCUT2D eigenvalue weighted by molar-refractivity contribution is 5.79. The molecule has 0 saturated heterocycles. The minimum atomic E-state index is -5.79. The highest BCUT2D eigenvalue weighted by Gasteiger charge is 2.72.